The number of rotatable bonds is 6. The van der Waals surface area contributed by atoms with Crippen LogP contribution < -0.4 is 5.32 Å². The van der Waals surface area contributed by atoms with Crippen LogP contribution in [0, 0.1) is 16.7 Å². The molecule has 5 heteroatoms. The van der Waals surface area contributed by atoms with Crippen molar-refractivity contribution in [1.82, 2.24) is 5.32 Å². The maximum absolute atomic E-state index is 12.3. The van der Waals surface area contributed by atoms with Gasteiger partial charge in [0.25, 0.3) is 5.91 Å². The van der Waals surface area contributed by atoms with Crippen LogP contribution in [0.1, 0.15) is 41.6 Å². The van der Waals surface area contributed by atoms with Crippen LogP contribution in [0.2, 0.25) is 0 Å². The van der Waals surface area contributed by atoms with E-state index in [1.54, 1.807) is 12.1 Å². The van der Waals surface area contributed by atoms with E-state index in [2.05, 4.69) is 11.4 Å². The summed E-state index contributed by atoms with van der Waals surface area (Å²) in [5.41, 5.74) is 1.13. The summed E-state index contributed by atoms with van der Waals surface area (Å²) in [5.74, 6) is -0.123. The van der Waals surface area contributed by atoms with Gasteiger partial charge in [0.05, 0.1) is 18.1 Å². The van der Waals surface area contributed by atoms with Gasteiger partial charge in [-0.05, 0) is 43.4 Å². The maximum Gasteiger partial charge on any atom is 0.251 e. The van der Waals surface area contributed by atoms with Crippen LogP contribution in [-0.2, 0) is 10.2 Å². The van der Waals surface area contributed by atoms with Crippen molar-refractivity contribution in [1.29, 1.82) is 5.26 Å². The number of carbonyl (C=O) groups is 1. The van der Waals surface area contributed by atoms with Crippen molar-refractivity contribution in [3.8, 4) is 6.07 Å². The smallest absolute Gasteiger partial charge is 0.251 e. The first-order chi connectivity index (χ1) is 11.1. The molecule has 0 bridgehead atoms. The van der Waals surface area contributed by atoms with Gasteiger partial charge in [0.1, 0.15) is 0 Å². The molecule has 1 atom stereocenters. The highest BCUT2D eigenvalue weighted by atomic mass is 16.5. The summed E-state index contributed by atoms with van der Waals surface area (Å²) < 4.78 is 5.43. The molecule has 1 amide bonds. The van der Waals surface area contributed by atoms with E-state index in [9.17, 15) is 15.2 Å². The Bertz CT molecular complexity index is 608. The van der Waals surface area contributed by atoms with Crippen LogP contribution in [-0.4, -0.2) is 37.4 Å². The Hall–Kier alpha value is -1.90. The third-order valence-corrected chi connectivity index (χ3v) is 5.11. The zero-order valence-electron chi connectivity index (χ0n) is 13.2. The molecule has 2 aliphatic rings. The Balaban J connectivity index is 1.61. The van der Waals surface area contributed by atoms with Crippen LogP contribution in [0.3, 0.4) is 0 Å². The van der Waals surface area contributed by atoms with Gasteiger partial charge in [0, 0.05) is 30.7 Å². The highest BCUT2D eigenvalue weighted by Crippen LogP contribution is 2.47. The number of hydrogen-bond donors (Lipinski definition) is 2. The molecular weight excluding hydrogens is 292 g/mol. The molecule has 1 aliphatic carbocycles. The molecule has 0 spiro atoms. The number of nitrogens with zero attached hydrogens (tertiary/aromatic N) is 1. The minimum Gasteiger partial charge on any atom is -0.396 e. The van der Waals surface area contributed by atoms with Gasteiger partial charge in [0.15, 0.2) is 0 Å². The highest BCUT2D eigenvalue weighted by molar-refractivity contribution is 5.94. The predicted molar refractivity (Wildman–Crippen MR) is 84.9 cm³/mol. The van der Waals surface area contributed by atoms with Crippen molar-refractivity contribution in [2.75, 3.05) is 26.4 Å². The zero-order chi connectivity index (χ0) is 16.3. The van der Waals surface area contributed by atoms with E-state index in [1.165, 1.54) is 0 Å². The number of nitriles is 1. The SMILES string of the molecule is N#CC1(c2ccc(C(=O)NCC3(CCO)CCOC3)cc2)CC1. The third kappa shape index (κ3) is 3.24. The lowest BCUT2D eigenvalue weighted by Crippen LogP contribution is -2.38. The van der Waals surface area contributed by atoms with Crippen molar-refractivity contribution in [3.05, 3.63) is 35.4 Å². The fourth-order valence-electron chi connectivity index (χ4n) is 3.21. The summed E-state index contributed by atoms with van der Waals surface area (Å²) in [7, 11) is 0. The first-order valence-electron chi connectivity index (χ1n) is 8.12. The van der Waals surface area contributed by atoms with Gasteiger partial charge in [-0.3, -0.25) is 4.79 Å². The fourth-order valence-corrected chi connectivity index (χ4v) is 3.21. The van der Waals surface area contributed by atoms with E-state index in [1.807, 2.05) is 12.1 Å². The molecule has 2 N–H and O–H groups in total. The number of benzene rings is 1. The second kappa shape index (κ2) is 6.31. The average molecular weight is 314 g/mol. The molecule has 1 heterocycles. The molecule has 0 aromatic heterocycles. The molecule has 1 unspecified atom stereocenters. The molecule has 1 saturated heterocycles. The van der Waals surface area contributed by atoms with Gasteiger partial charge in [-0.2, -0.15) is 5.26 Å². The number of carbonyl (C=O) groups excluding carboxylic acids is 1. The average Bonchev–Trinajstić information content (AvgIpc) is 3.26. The summed E-state index contributed by atoms with van der Waals surface area (Å²) in [6.45, 7) is 1.87. The summed E-state index contributed by atoms with van der Waals surface area (Å²) >= 11 is 0. The van der Waals surface area contributed by atoms with E-state index >= 15 is 0 Å². The molecule has 5 nitrogen and oxygen atoms in total. The normalized spacial score (nSPS) is 24.9. The quantitative estimate of drug-likeness (QED) is 0.838. The molecule has 1 aromatic rings. The van der Waals surface area contributed by atoms with E-state index in [0.29, 0.717) is 31.7 Å². The van der Waals surface area contributed by atoms with Gasteiger partial charge < -0.3 is 15.2 Å². The molecule has 1 saturated carbocycles. The monoisotopic (exact) mass is 314 g/mol. The Kier molecular flexibility index (Phi) is 4.38. The summed E-state index contributed by atoms with van der Waals surface area (Å²) in [6.07, 6.45) is 3.30. The second-order valence-corrected chi connectivity index (χ2v) is 6.73. The lowest BCUT2D eigenvalue weighted by atomic mass is 9.84. The summed E-state index contributed by atoms with van der Waals surface area (Å²) in [5, 5.41) is 21.4. The van der Waals surface area contributed by atoms with E-state index in [0.717, 1.165) is 24.8 Å². The number of ether oxygens (including phenoxy) is 1. The Morgan fingerprint density at radius 2 is 2.04 bits per heavy atom. The number of aliphatic hydroxyl groups is 1. The summed E-state index contributed by atoms with van der Waals surface area (Å²) in [6, 6.07) is 9.69. The summed E-state index contributed by atoms with van der Waals surface area (Å²) in [4.78, 5) is 12.3. The van der Waals surface area contributed by atoms with Gasteiger partial charge in [-0.25, -0.2) is 0 Å². The van der Waals surface area contributed by atoms with Crippen LogP contribution in [0.15, 0.2) is 24.3 Å². The Morgan fingerprint density at radius 1 is 1.30 bits per heavy atom. The third-order valence-electron chi connectivity index (χ3n) is 5.11. The minimum absolute atomic E-state index is 0.101. The molecule has 1 aliphatic heterocycles. The largest absolute Gasteiger partial charge is 0.396 e. The molecule has 1 aromatic carbocycles. The van der Waals surface area contributed by atoms with E-state index < -0.39 is 0 Å². The van der Waals surface area contributed by atoms with Crippen LogP contribution in [0.5, 0.6) is 0 Å². The van der Waals surface area contributed by atoms with Crippen LogP contribution in [0.25, 0.3) is 0 Å². The standard InChI is InChI=1S/C18H22N2O3/c19-11-18(5-6-18)15-3-1-14(2-4-15)16(22)20-12-17(7-9-21)8-10-23-13-17/h1-4,21H,5-10,12-13H2,(H,20,22). The number of nitrogens with one attached hydrogen (secondary N) is 1. The second-order valence-electron chi connectivity index (χ2n) is 6.73. The lowest BCUT2D eigenvalue weighted by molar-refractivity contribution is 0.0889. The molecule has 2 fully saturated rings. The molecule has 122 valence electrons. The van der Waals surface area contributed by atoms with Gasteiger partial charge >= 0.3 is 0 Å². The van der Waals surface area contributed by atoms with Crippen molar-refractivity contribution >= 4 is 5.91 Å². The van der Waals surface area contributed by atoms with E-state index in [-0.39, 0.29) is 23.3 Å². The van der Waals surface area contributed by atoms with E-state index in [4.69, 9.17) is 4.74 Å². The zero-order valence-corrected chi connectivity index (χ0v) is 13.2. The molecule has 3 rings (SSSR count). The van der Waals surface area contributed by atoms with Crippen molar-refractivity contribution < 1.29 is 14.6 Å². The molecule has 0 radical (unpaired) electrons. The highest BCUT2D eigenvalue weighted by Gasteiger charge is 2.44. The van der Waals surface area contributed by atoms with Crippen LogP contribution >= 0.6 is 0 Å². The maximum atomic E-state index is 12.3. The Labute approximate surface area is 136 Å². The number of amides is 1. The van der Waals surface area contributed by atoms with Crippen LogP contribution in [0.4, 0.5) is 0 Å². The molecule has 23 heavy (non-hydrogen) atoms. The molecular formula is C18H22N2O3. The topological polar surface area (TPSA) is 82.4 Å². The first kappa shape index (κ1) is 16.0. The first-order valence-corrected chi connectivity index (χ1v) is 8.12. The number of hydrogen-bond acceptors (Lipinski definition) is 4. The minimum atomic E-state index is -0.318. The van der Waals surface area contributed by atoms with Gasteiger partial charge in [-0.15, -0.1) is 0 Å². The number of aliphatic hydroxyl groups excluding tert-OH is 1. The van der Waals surface area contributed by atoms with Crippen molar-refractivity contribution in [2.45, 2.75) is 31.1 Å². The lowest BCUT2D eigenvalue weighted by Gasteiger charge is -2.26. The fraction of sp³-hybridized carbons (Fsp3) is 0.556. The van der Waals surface area contributed by atoms with Gasteiger partial charge in [-0.1, -0.05) is 12.1 Å². The predicted octanol–water partition coefficient (Wildman–Crippen LogP) is 1.76. The Morgan fingerprint density at radius 3 is 2.57 bits per heavy atom. The van der Waals surface area contributed by atoms with Crippen molar-refractivity contribution in [2.24, 2.45) is 5.41 Å². The van der Waals surface area contributed by atoms with Crippen molar-refractivity contribution in [3.63, 3.8) is 0 Å². The van der Waals surface area contributed by atoms with Gasteiger partial charge in [0.2, 0.25) is 0 Å².